The van der Waals surface area contributed by atoms with E-state index in [2.05, 4.69) is 5.32 Å². The molecule has 3 rings (SSSR count). The van der Waals surface area contributed by atoms with Gasteiger partial charge in [-0.15, -0.1) is 11.3 Å². The summed E-state index contributed by atoms with van der Waals surface area (Å²) in [5.74, 6) is -0.207. The minimum Gasteiger partial charge on any atom is -0.484 e. The molecule has 0 bridgehead atoms. The van der Waals surface area contributed by atoms with Crippen LogP contribution in [0.15, 0.2) is 46.7 Å². The summed E-state index contributed by atoms with van der Waals surface area (Å²) >= 11 is 8.24. The zero-order chi connectivity index (χ0) is 19.2. The Balaban J connectivity index is 1.45. The van der Waals surface area contributed by atoms with Crippen molar-refractivity contribution in [3.05, 3.63) is 56.6 Å². The van der Waals surface area contributed by atoms with Crippen LogP contribution in [-0.4, -0.2) is 41.6 Å². The Bertz CT molecular complexity index is 883. The lowest BCUT2D eigenvalue weighted by atomic mass is 10.3. The van der Waals surface area contributed by atoms with Gasteiger partial charge in [-0.25, -0.2) is 0 Å². The summed E-state index contributed by atoms with van der Waals surface area (Å²) in [6, 6.07) is 10.5. The van der Waals surface area contributed by atoms with Crippen LogP contribution in [-0.2, 0) is 9.59 Å². The molecular formula is C18H15ClN2O4S2. The molecule has 2 aromatic rings. The van der Waals surface area contributed by atoms with Gasteiger partial charge in [-0.3, -0.25) is 19.3 Å². The molecule has 0 aliphatic carbocycles. The number of benzene rings is 1. The number of carbonyl (C=O) groups is 3. The van der Waals surface area contributed by atoms with Crippen molar-refractivity contribution in [3.63, 3.8) is 0 Å². The van der Waals surface area contributed by atoms with E-state index in [1.165, 1.54) is 11.3 Å². The van der Waals surface area contributed by atoms with Crippen molar-refractivity contribution >= 4 is 57.8 Å². The van der Waals surface area contributed by atoms with Crippen LogP contribution in [0.5, 0.6) is 5.75 Å². The van der Waals surface area contributed by atoms with E-state index in [1.54, 1.807) is 30.3 Å². The highest BCUT2D eigenvalue weighted by Gasteiger charge is 2.34. The minimum absolute atomic E-state index is 0.107. The summed E-state index contributed by atoms with van der Waals surface area (Å²) < 4.78 is 5.33. The molecule has 1 aliphatic heterocycles. The predicted octanol–water partition coefficient (Wildman–Crippen LogP) is 3.63. The Morgan fingerprint density at radius 1 is 1.26 bits per heavy atom. The Kier molecular flexibility index (Phi) is 6.54. The van der Waals surface area contributed by atoms with Crippen LogP contribution in [0.1, 0.15) is 4.88 Å². The first-order chi connectivity index (χ1) is 13.0. The van der Waals surface area contributed by atoms with Crippen LogP contribution in [0.3, 0.4) is 0 Å². The highest BCUT2D eigenvalue weighted by molar-refractivity contribution is 8.18. The largest absolute Gasteiger partial charge is 0.484 e. The van der Waals surface area contributed by atoms with Gasteiger partial charge in [0.05, 0.1) is 4.91 Å². The van der Waals surface area contributed by atoms with Crippen LogP contribution in [0, 0.1) is 0 Å². The van der Waals surface area contributed by atoms with Crippen molar-refractivity contribution in [1.29, 1.82) is 0 Å². The second-order valence-electron chi connectivity index (χ2n) is 5.44. The molecule has 0 atom stereocenters. The number of amides is 3. The molecule has 2 heterocycles. The molecule has 1 aromatic carbocycles. The normalized spacial score (nSPS) is 15.4. The number of thioether (sulfide) groups is 1. The molecule has 1 aromatic heterocycles. The molecule has 0 spiro atoms. The highest BCUT2D eigenvalue weighted by atomic mass is 35.5. The van der Waals surface area contributed by atoms with Crippen molar-refractivity contribution in [3.8, 4) is 5.75 Å². The molecule has 1 aliphatic rings. The van der Waals surface area contributed by atoms with E-state index >= 15 is 0 Å². The fourth-order valence-electron chi connectivity index (χ4n) is 2.26. The lowest BCUT2D eigenvalue weighted by Crippen LogP contribution is -2.38. The second kappa shape index (κ2) is 9.07. The van der Waals surface area contributed by atoms with Crippen molar-refractivity contribution in [2.45, 2.75) is 0 Å². The zero-order valence-electron chi connectivity index (χ0n) is 14.0. The smallest absolute Gasteiger partial charge is 0.293 e. The Hall–Kier alpha value is -2.29. The molecule has 0 unspecified atom stereocenters. The highest BCUT2D eigenvalue weighted by Crippen LogP contribution is 2.32. The van der Waals surface area contributed by atoms with Crippen LogP contribution >= 0.6 is 34.7 Å². The number of carbonyl (C=O) groups excluding carboxylic acids is 3. The lowest BCUT2D eigenvalue weighted by molar-refractivity contribution is -0.125. The standard InChI is InChI=1S/C18H15ClN2O4S2/c19-12-3-1-4-13(9-12)25-11-16(22)20-6-7-21-17(23)15(27-18(21)24)10-14-5-2-8-26-14/h1-5,8-10H,6-7,11H2,(H,20,22). The summed E-state index contributed by atoms with van der Waals surface area (Å²) in [7, 11) is 0. The maximum absolute atomic E-state index is 12.3. The molecule has 140 valence electrons. The number of rotatable bonds is 7. The number of ether oxygens (including phenoxy) is 1. The van der Waals surface area contributed by atoms with Crippen molar-refractivity contribution < 1.29 is 19.1 Å². The van der Waals surface area contributed by atoms with Gasteiger partial charge < -0.3 is 10.1 Å². The van der Waals surface area contributed by atoms with Crippen LogP contribution in [0.4, 0.5) is 4.79 Å². The molecule has 1 N–H and O–H groups in total. The number of imide groups is 1. The number of nitrogens with zero attached hydrogens (tertiary/aromatic N) is 1. The number of halogens is 1. The molecule has 6 nitrogen and oxygen atoms in total. The topological polar surface area (TPSA) is 75.7 Å². The van der Waals surface area contributed by atoms with E-state index in [4.69, 9.17) is 16.3 Å². The first kappa shape index (κ1) is 19.5. The molecule has 0 radical (unpaired) electrons. The predicted molar refractivity (Wildman–Crippen MR) is 107 cm³/mol. The molecule has 27 heavy (non-hydrogen) atoms. The van der Waals surface area contributed by atoms with Crippen LogP contribution in [0.25, 0.3) is 6.08 Å². The van der Waals surface area contributed by atoms with Crippen molar-refractivity contribution in [2.75, 3.05) is 19.7 Å². The van der Waals surface area contributed by atoms with E-state index < -0.39 is 0 Å². The van der Waals surface area contributed by atoms with Gasteiger partial charge in [0, 0.05) is 23.0 Å². The molecule has 0 saturated carbocycles. The molecule has 9 heteroatoms. The lowest BCUT2D eigenvalue weighted by Gasteiger charge is -2.13. The fourth-order valence-corrected chi connectivity index (χ4v) is 4.03. The van der Waals surface area contributed by atoms with E-state index in [9.17, 15) is 14.4 Å². The zero-order valence-corrected chi connectivity index (χ0v) is 16.4. The van der Waals surface area contributed by atoms with E-state index in [1.807, 2.05) is 17.5 Å². The van der Waals surface area contributed by atoms with E-state index in [0.29, 0.717) is 15.7 Å². The number of thiophene rings is 1. The summed E-state index contributed by atoms with van der Waals surface area (Å²) in [5, 5.41) is 4.70. The molecule has 1 fully saturated rings. The SMILES string of the molecule is O=C(COc1cccc(Cl)c1)NCCN1C(=O)SC(=Cc2cccs2)C1=O. The quantitative estimate of drug-likeness (QED) is 0.689. The third-order valence-corrected chi connectivity index (χ3v) is 5.48. The Labute approximate surface area is 169 Å². The van der Waals surface area contributed by atoms with Gasteiger partial charge in [-0.2, -0.15) is 0 Å². The van der Waals surface area contributed by atoms with Gasteiger partial charge in [-0.1, -0.05) is 23.7 Å². The average Bonchev–Trinajstić information content (AvgIpc) is 3.24. The van der Waals surface area contributed by atoms with E-state index in [-0.39, 0.29) is 36.7 Å². The average molecular weight is 423 g/mol. The first-order valence-corrected chi connectivity index (χ1v) is 10.0. The second-order valence-corrected chi connectivity index (χ2v) is 7.85. The fraction of sp³-hybridized carbons (Fsp3) is 0.167. The van der Waals surface area contributed by atoms with Gasteiger partial charge in [0.1, 0.15) is 5.75 Å². The molecule has 1 saturated heterocycles. The number of hydrogen-bond acceptors (Lipinski definition) is 6. The van der Waals surface area contributed by atoms with E-state index in [0.717, 1.165) is 21.5 Å². The third-order valence-electron chi connectivity index (χ3n) is 3.51. The Morgan fingerprint density at radius 3 is 2.85 bits per heavy atom. The number of hydrogen-bond donors (Lipinski definition) is 1. The summed E-state index contributed by atoms with van der Waals surface area (Å²) in [5.41, 5.74) is 0. The number of nitrogens with one attached hydrogen (secondary N) is 1. The van der Waals surface area contributed by atoms with Crippen molar-refractivity contribution in [1.82, 2.24) is 10.2 Å². The molecule has 3 amide bonds. The van der Waals surface area contributed by atoms with Crippen molar-refractivity contribution in [2.24, 2.45) is 0 Å². The minimum atomic E-state index is -0.351. The van der Waals surface area contributed by atoms with Gasteiger partial charge >= 0.3 is 0 Å². The third kappa shape index (κ3) is 5.35. The first-order valence-electron chi connectivity index (χ1n) is 7.97. The molecular weight excluding hydrogens is 408 g/mol. The van der Waals surface area contributed by atoms with Gasteiger partial charge in [0.15, 0.2) is 6.61 Å². The monoisotopic (exact) mass is 422 g/mol. The maximum Gasteiger partial charge on any atom is 0.293 e. The maximum atomic E-state index is 12.3. The van der Waals surface area contributed by atoms with Crippen LogP contribution in [0.2, 0.25) is 5.02 Å². The van der Waals surface area contributed by atoms with Crippen LogP contribution < -0.4 is 10.1 Å². The van der Waals surface area contributed by atoms with Gasteiger partial charge in [0.2, 0.25) is 0 Å². The summed E-state index contributed by atoms with van der Waals surface area (Å²) in [6.07, 6.45) is 1.70. The Morgan fingerprint density at radius 2 is 2.11 bits per heavy atom. The summed E-state index contributed by atoms with van der Waals surface area (Å²) in [4.78, 5) is 38.6. The summed E-state index contributed by atoms with van der Waals surface area (Å²) in [6.45, 7) is 0.0813. The van der Waals surface area contributed by atoms with Gasteiger partial charge in [0.25, 0.3) is 17.1 Å². The van der Waals surface area contributed by atoms with Gasteiger partial charge in [-0.05, 0) is 47.5 Å².